The summed E-state index contributed by atoms with van der Waals surface area (Å²) in [6, 6.07) is 13.7. The monoisotopic (exact) mass is 510 g/mol. The van der Waals surface area contributed by atoms with Crippen LogP contribution in [-0.4, -0.2) is 53.6 Å². The highest BCUT2D eigenvalue weighted by Crippen LogP contribution is 2.23. The van der Waals surface area contributed by atoms with Gasteiger partial charge in [0.15, 0.2) is 0 Å². The number of fused-ring (bicyclic) bond motifs is 1. The number of para-hydroxylation sites is 1. The second kappa shape index (κ2) is 12.1. The van der Waals surface area contributed by atoms with Crippen molar-refractivity contribution >= 4 is 40.3 Å². The fourth-order valence-electron chi connectivity index (χ4n) is 4.69. The maximum Gasteiger partial charge on any atom is 0.326 e. The predicted molar refractivity (Wildman–Crippen MR) is 139 cm³/mol. The SMILES string of the molecule is O=C(C[C@@H](CNC(=O)C1CCNCC1)c1ccc(Cl)cc1)N[C@@H](Cc1c[nH]c2ccccc12)C(=O)O. The van der Waals surface area contributed by atoms with Crippen LogP contribution in [0.5, 0.6) is 0 Å². The van der Waals surface area contributed by atoms with Gasteiger partial charge in [0.1, 0.15) is 6.04 Å². The van der Waals surface area contributed by atoms with Crippen LogP contribution >= 0.6 is 11.6 Å². The van der Waals surface area contributed by atoms with Crippen LogP contribution in [0.4, 0.5) is 0 Å². The van der Waals surface area contributed by atoms with Gasteiger partial charge in [0.25, 0.3) is 0 Å². The van der Waals surface area contributed by atoms with Crippen LogP contribution in [0.1, 0.15) is 36.3 Å². The first-order chi connectivity index (χ1) is 17.4. The molecule has 190 valence electrons. The Kier molecular flexibility index (Phi) is 8.61. The van der Waals surface area contributed by atoms with E-state index in [-0.39, 0.29) is 37.1 Å². The first-order valence-corrected chi connectivity index (χ1v) is 12.6. The van der Waals surface area contributed by atoms with Gasteiger partial charge in [-0.3, -0.25) is 9.59 Å². The number of carbonyl (C=O) groups excluding carboxylic acids is 2. The molecule has 1 fully saturated rings. The van der Waals surface area contributed by atoms with Crippen molar-refractivity contribution in [3.05, 3.63) is 70.9 Å². The number of aromatic nitrogens is 1. The van der Waals surface area contributed by atoms with Gasteiger partial charge in [0.2, 0.25) is 11.8 Å². The van der Waals surface area contributed by atoms with Crippen molar-refractivity contribution in [1.29, 1.82) is 0 Å². The molecular formula is C27H31ClN4O4. The lowest BCUT2D eigenvalue weighted by atomic mass is 9.93. The second-order valence-electron chi connectivity index (χ2n) is 9.24. The van der Waals surface area contributed by atoms with Crippen molar-refractivity contribution in [3.8, 4) is 0 Å². The molecule has 2 aromatic carbocycles. The van der Waals surface area contributed by atoms with Crippen LogP contribution in [0.3, 0.4) is 0 Å². The lowest BCUT2D eigenvalue weighted by Crippen LogP contribution is -2.44. The van der Waals surface area contributed by atoms with Gasteiger partial charge in [-0.1, -0.05) is 41.9 Å². The number of hydrogen-bond acceptors (Lipinski definition) is 4. The summed E-state index contributed by atoms with van der Waals surface area (Å²) in [5.41, 5.74) is 2.58. The summed E-state index contributed by atoms with van der Waals surface area (Å²) in [6.45, 7) is 1.90. The molecule has 2 amide bonds. The molecule has 0 unspecified atom stereocenters. The maximum atomic E-state index is 13.0. The molecular weight excluding hydrogens is 480 g/mol. The highest BCUT2D eigenvalue weighted by Gasteiger charge is 2.26. The van der Waals surface area contributed by atoms with Gasteiger partial charge < -0.3 is 26.0 Å². The van der Waals surface area contributed by atoms with Crippen LogP contribution in [-0.2, 0) is 20.8 Å². The molecule has 0 bridgehead atoms. The molecule has 8 nitrogen and oxygen atoms in total. The Hall–Kier alpha value is -3.36. The average molecular weight is 511 g/mol. The standard InChI is InChI=1S/C27H31ClN4O4/c28-21-7-5-17(6-8-21)19(15-31-26(34)18-9-11-29-12-10-18)14-25(33)32-24(27(35)36)13-20-16-30-23-4-2-1-3-22(20)23/h1-8,16,18-19,24,29-30H,9-15H2,(H,31,34)(H,32,33)(H,35,36)/t19-,24-/m0/s1. The zero-order valence-electron chi connectivity index (χ0n) is 19.9. The third-order valence-corrected chi connectivity index (χ3v) is 6.99. The molecule has 9 heteroatoms. The van der Waals surface area contributed by atoms with Crippen molar-refractivity contribution in [2.75, 3.05) is 19.6 Å². The molecule has 4 rings (SSSR count). The first kappa shape index (κ1) is 25.7. The number of halogens is 1. The summed E-state index contributed by atoms with van der Waals surface area (Å²) in [7, 11) is 0. The van der Waals surface area contributed by atoms with E-state index in [9.17, 15) is 19.5 Å². The Morgan fingerprint density at radius 3 is 2.50 bits per heavy atom. The van der Waals surface area contributed by atoms with Crippen LogP contribution < -0.4 is 16.0 Å². The van der Waals surface area contributed by atoms with Gasteiger partial charge in [0, 0.05) is 53.3 Å². The van der Waals surface area contributed by atoms with Crippen LogP contribution in [0.2, 0.25) is 5.02 Å². The van der Waals surface area contributed by atoms with E-state index in [1.54, 1.807) is 18.3 Å². The van der Waals surface area contributed by atoms with Crippen molar-refractivity contribution in [2.45, 2.75) is 37.6 Å². The Labute approximate surface area is 214 Å². The van der Waals surface area contributed by atoms with Gasteiger partial charge in [-0.25, -0.2) is 4.79 Å². The number of amides is 2. The van der Waals surface area contributed by atoms with E-state index in [0.717, 1.165) is 48.0 Å². The number of carboxylic acids is 1. The van der Waals surface area contributed by atoms with Gasteiger partial charge in [0.05, 0.1) is 0 Å². The second-order valence-corrected chi connectivity index (χ2v) is 9.68. The number of rotatable bonds is 10. The molecule has 1 saturated heterocycles. The predicted octanol–water partition coefficient (Wildman–Crippen LogP) is 3.22. The minimum Gasteiger partial charge on any atom is -0.480 e. The van der Waals surface area contributed by atoms with Gasteiger partial charge in [-0.15, -0.1) is 0 Å². The highest BCUT2D eigenvalue weighted by atomic mass is 35.5. The number of benzene rings is 2. The molecule has 0 radical (unpaired) electrons. The van der Waals surface area contributed by atoms with Crippen molar-refractivity contribution in [3.63, 3.8) is 0 Å². The fraction of sp³-hybridized carbons (Fsp3) is 0.370. The number of H-pyrrole nitrogens is 1. The summed E-state index contributed by atoms with van der Waals surface area (Å²) in [5.74, 6) is -1.87. The smallest absolute Gasteiger partial charge is 0.326 e. The molecule has 0 spiro atoms. The third-order valence-electron chi connectivity index (χ3n) is 6.74. The molecule has 0 aliphatic carbocycles. The summed E-state index contributed by atoms with van der Waals surface area (Å²) < 4.78 is 0. The first-order valence-electron chi connectivity index (χ1n) is 12.2. The summed E-state index contributed by atoms with van der Waals surface area (Å²) in [6.07, 6.45) is 3.53. The molecule has 1 aliphatic heterocycles. The van der Waals surface area contributed by atoms with E-state index in [2.05, 4.69) is 20.9 Å². The zero-order valence-corrected chi connectivity index (χ0v) is 20.7. The van der Waals surface area contributed by atoms with Gasteiger partial charge >= 0.3 is 5.97 Å². The van der Waals surface area contributed by atoms with Crippen LogP contribution in [0, 0.1) is 5.92 Å². The molecule has 1 aromatic heterocycles. The quantitative estimate of drug-likeness (QED) is 0.286. The van der Waals surface area contributed by atoms with E-state index in [1.165, 1.54) is 0 Å². The molecule has 3 aromatic rings. The molecule has 0 saturated carbocycles. The van der Waals surface area contributed by atoms with Crippen molar-refractivity contribution in [2.24, 2.45) is 5.92 Å². The number of piperidine rings is 1. The average Bonchev–Trinajstić information content (AvgIpc) is 3.29. The fourth-order valence-corrected chi connectivity index (χ4v) is 4.82. The number of nitrogens with one attached hydrogen (secondary N) is 4. The molecule has 36 heavy (non-hydrogen) atoms. The molecule has 1 aliphatic rings. The number of carboxylic acid groups (broad SMARTS) is 1. The molecule has 2 heterocycles. The van der Waals surface area contributed by atoms with Gasteiger partial charge in [-0.05, 0) is 55.3 Å². The number of aromatic amines is 1. The lowest BCUT2D eigenvalue weighted by molar-refractivity contribution is -0.141. The summed E-state index contributed by atoms with van der Waals surface area (Å²) >= 11 is 6.04. The minimum absolute atomic E-state index is 0.0152. The van der Waals surface area contributed by atoms with Crippen LogP contribution in [0.15, 0.2) is 54.7 Å². The summed E-state index contributed by atoms with van der Waals surface area (Å²) in [4.78, 5) is 40.8. The van der Waals surface area contributed by atoms with E-state index in [4.69, 9.17) is 11.6 Å². The Morgan fingerprint density at radius 1 is 1.06 bits per heavy atom. The van der Waals surface area contributed by atoms with E-state index in [1.807, 2.05) is 36.4 Å². The van der Waals surface area contributed by atoms with E-state index < -0.39 is 17.9 Å². The van der Waals surface area contributed by atoms with Gasteiger partial charge in [-0.2, -0.15) is 0 Å². The number of carbonyl (C=O) groups is 3. The number of aliphatic carboxylic acids is 1. The lowest BCUT2D eigenvalue weighted by Gasteiger charge is -2.24. The minimum atomic E-state index is -1.10. The molecule has 5 N–H and O–H groups in total. The maximum absolute atomic E-state index is 13.0. The Bertz CT molecular complexity index is 1200. The van der Waals surface area contributed by atoms with E-state index in [0.29, 0.717) is 5.02 Å². The largest absolute Gasteiger partial charge is 0.480 e. The number of hydrogen-bond donors (Lipinski definition) is 5. The van der Waals surface area contributed by atoms with Crippen molar-refractivity contribution in [1.82, 2.24) is 20.9 Å². The topological polar surface area (TPSA) is 123 Å². The summed E-state index contributed by atoms with van der Waals surface area (Å²) in [5, 5.41) is 20.2. The zero-order chi connectivity index (χ0) is 25.5. The van der Waals surface area contributed by atoms with Crippen molar-refractivity contribution < 1.29 is 19.5 Å². The highest BCUT2D eigenvalue weighted by molar-refractivity contribution is 6.30. The van der Waals surface area contributed by atoms with Crippen LogP contribution in [0.25, 0.3) is 10.9 Å². The molecule has 2 atom stereocenters. The van der Waals surface area contributed by atoms with E-state index >= 15 is 0 Å². The Morgan fingerprint density at radius 2 is 1.78 bits per heavy atom. The third kappa shape index (κ3) is 6.65. The Balaban J connectivity index is 1.42. The normalized spacial score (nSPS) is 15.8.